The van der Waals surface area contributed by atoms with E-state index >= 15 is 0 Å². The molecule has 96 valence electrons. The lowest BCUT2D eigenvalue weighted by atomic mass is 9.89. The van der Waals surface area contributed by atoms with E-state index in [0.29, 0.717) is 0 Å². The molecule has 0 bridgehead atoms. The van der Waals surface area contributed by atoms with Crippen molar-refractivity contribution in [3.63, 3.8) is 0 Å². The zero-order chi connectivity index (χ0) is 12.8. The summed E-state index contributed by atoms with van der Waals surface area (Å²) in [6.45, 7) is 0. The van der Waals surface area contributed by atoms with Gasteiger partial charge in [0.2, 0.25) is 0 Å². The first-order valence-electron chi connectivity index (χ1n) is 6.57. The number of aryl methyl sites for hydroxylation is 1. The molecule has 3 nitrogen and oxygen atoms in total. The highest BCUT2D eigenvalue weighted by molar-refractivity contribution is 5.91. The van der Waals surface area contributed by atoms with Gasteiger partial charge in [0.05, 0.1) is 12.6 Å². The first-order valence-corrected chi connectivity index (χ1v) is 6.57. The summed E-state index contributed by atoms with van der Waals surface area (Å²) in [6, 6.07) is 6.17. The van der Waals surface area contributed by atoms with Crippen LogP contribution in [0.1, 0.15) is 31.2 Å². The lowest BCUT2D eigenvalue weighted by Gasteiger charge is -2.23. The Morgan fingerprint density at radius 1 is 1.28 bits per heavy atom. The molecule has 1 heterocycles. The SMILES string of the molecule is COc1cccc2c1c(C1(N)CCCC1)cn2C. The predicted molar refractivity (Wildman–Crippen MR) is 73.8 cm³/mol. The third kappa shape index (κ3) is 1.54. The summed E-state index contributed by atoms with van der Waals surface area (Å²) in [5.74, 6) is 0.930. The van der Waals surface area contributed by atoms with Crippen LogP contribution in [-0.2, 0) is 12.6 Å². The van der Waals surface area contributed by atoms with Gasteiger partial charge in [-0.3, -0.25) is 0 Å². The van der Waals surface area contributed by atoms with Crippen LogP contribution in [0, 0.1) is 0 Å². The van der Waals surface area contributed by atoms with E-state index in [1.54, 1.807) is 7.11 Å². The van der Waals surface area contributed by atoms with Crippen LogP contribution in [0.15, 0.2) is 24.4 Å². The molecule has 0 aliphatic heterocycles. The van der Waals surface area contributed by atoms with E-state index in [4.69, 9.17) is 10.5 Å². The largest absolute Gasteiger partial charge is 0.496 e. The summed E-state index contributed by atoms with van der Waals surface area (Å²) in [5, 5.41) is 1.19. The van der Waals surface area contributed by atoms with Crippen LogP contribution < -0.4 is 10.5 Å². The molecule has 2 aromatic rings. The minimum atomic E-state index is -0.172. The molecule has 18 heavy (non-hydrogen) atoms. The highest BCUT2D eigenvalue weighted by Crippen LogP contribution is 2.42. The molecule has 0 saturated heterocycles. The van der Waals surface area contributed by atoms with Crippen molar-refractivity contribution in [1.29, 1.82) is 0 Å². The number of hydrogen-bond donors (Lipinski definition) is 1. The Labute approximate surface area is 108 Å². The molecule has 0 atom stereocenters. The van der Waals surface area contributed by atoms with Crippen LogP contribution in [0.25, 0.3) is 10.9 Å². The van der Waals surface area contributed by atoms with Gasteiger partial charge in [-0.2, -0.15) is 0 Å². The summed E-state index contributed by atoms with van der Waals surface area (Å²) < 4.78 is 7.67. The molecule has 0 amide bonds. The van der Waals surface area contributed by atoms with Crippen LogP contribution in [0.5, 0.6) is 5.75 Å². The normalized spacial score (nSPS) is 18.4. The van der Waals surface area contributed by atoms with E-state index in [1.165, 1.54) is 29.3 Å². The van der Waals surface area contributed by atoms with E-state index in [2.05, 4.69) is 23.9 Å². The molecule has 2 N–H and O–H groups in total. The fourth-order valence-corrected chi connectivity index (χ4v) is 3.23. The Bertz CT molecular complexity index is 579. The van der Waals surface area contributed by atoms with Crippen molar-refractivity contribution in [2.75, 3.05) is 7.11 Å². The number of hydrogen-bond acceptors (Lipinski definition) is 2. The molecule has 1 aromatic heterocycles. The number of nitrogens with zero attached hydrogens (tertiary/aromatic N) is 1. The second kappa shape index (κ2) is 4.02. The molecule has 1 aliphatic carbocycles. The maximum atomic E-state index is 6.61. The van der Waals surface area contributed by atoms with Crippen molar-refractivity contribution in [2.45, 2.75) is 31.2 Å². The fourth-order valence-electron chi connectivity index (χ4n) is 3.23. The molecule has 0 radical (unpaired) electrons. The van der Waals surface area contributed by atoms with E-state index < -0.39 is 0 Å². The maximum absolute atomic E-state index is 6.61. The van der Waals surface area contributed by atoms with E-state index in [9.17, 15) is 0 Å². The van der Waals surface area contributed by atoms with E-state index in [0.717, 1.165) is 18.6 Å². The van der Waals surface area contributed by atoms with Crippen molar-refractivity contribution in [3.8, 4) is 5.75 Å². The van der Waals surface area contributed by atoms with Crippen LogP contribution in [0.3, 0.4) is 0 Å². The van der Waals surface area contributed by atoms with Crippen molar-refractivity contribution in [3.05, 3.63) is 30.0 Å². The number of ether oxygens (including phenoxy) is 1. The third-order valence-electron chi connectivity index (χ3n) is 4.23. The first-order chi connectivity index (χ1) is 8.65. The van der Waals surface area contributed by atoms with Gasteiger partial charge >= 0.3 is 0 Å². The van der Waals surface area contributed by atoms with Gasteiger partial charge in [0, 0.05) is 29.7 Å². The Hall–Kier alpha value is -1.48. The molecule has 1 aliphatic rings. The van der Waals surface area contributed by atoms with Crippen molar-refractivity contribution >= 4 is 10.9 Å². The Balaban J connectivity index is 2.29. The molecule has 1 fully saturated rings. The van der Waals surface area contributed by atoms with Gasteiger partial charge in [-0.25, -0.2) is 0 Å². The number of aromatic nitrogens is 1. The van der Waals surface area contributed by atoms with Crippen LogP contribution >= 0.6 is 0 Å². The van der Waals surface area contributed by atoms with Crippen LogP contribution in [0.4, 0.5) is 0 Å². The highest BCUT2D eigenvalue weighted by atomic mass is 16.5. The van der Waals surface area contributed by atoms with Crippen molar-refractivity contribution in [1.82, 2.24) is 4.57 Å². The van der Waals surface area contributed by atoms with Gasteiger partial charge in [0.25, 0.3) is 0 Å². The summed E-state index contributed by atoms with van der Waals surface area (Å²) in [7, 11) is 3.80. The summed E-state index contributed by atoms with van der Waals surface area (Å²) in [6.07, 6.45) is 6.77. The number of methoxy groups -OCH3 is 1. The minimum absolute atomic E-state index is 0.172. The Kier molecular flexibility index (Phi) is 2.59. The second-order valence-electron chi connectivity index (χ2n) is 5.37. The fraction of sp³-hybridized carbons (Fsp3) is 0.467. The van der Waals surface area contributed by atoms with Crippen LogP contribution in [-0.4, -0.2) is 11.7 Å². The van der Waals surface area contributed by atoms with Gasteiger partial charge in [0.15, 0.2) is 0 Å². The molecule has 3 heteroatoms. The lowest BCUT2D eigenvalue weighted by Crippen LogP contribution is -2.32. The zero-order valence-corrected chi connectivity index (χ0v) is 11.1. The lowest BCUT2D eigenvalue weighted by molar-refractivity contribution is 0.416. The quantitative estimate of drug-likeness (QED) is 0.882. The third-order valence-corrected chi connectivity index (χ3v) is 4.23. The van der Waals surface area contributed by atoms with Gasteiger partial charge in [-0.05, 0) is 25.0 Å². The topological polar surface area (TPSA) is 40.2 Å². The number of nitrogens with two attached hydrogens (primary N) is 1. The van der Waals surface area contributed by atoms with E-state index in [-0.39, 0.29) is 5.54 Å². The van der Waals surface area contributed by atoms with Gasteiger partial charge < -0.3 is 15.0 Å². The summed E-state index contributed by atoms with van der Waals surface area (Å²) in [4.78, 5) is 0. The Morgan fingerprint density at radius 2 is 2.00 bits per heavy atom. The summed E-state index contributed by atoms with van der Waals surface area (Å²) in [5.41, 5.74) is 8.88. The van der Waals surface area contributed by atoms with Crippen molar-refractivity contribution < 1.29 is 4.74 Å². The highest BCUT2D eigenvalue weighted by Gasteiger charge is 2.34. The molecule has 1 aromatic carbocycles. The molecule has 0 spiro atoms. The zero-order valence-electron chi connectivity index (χ0n) is 11.1. The van der Waals surface area contributed by atoms with Gasteiger partial charge in [0.1, 0.15) is 5.75 Å². The van der Waals surface area contributed by atoms with Gasteiger partial charge in [-0.15, -0.1) is 0 Å². The number of benzene rings is 1. The Morgan fingerprint density at radius 3 is 2.67 bits per heavy atom. The average Bonchev–Trinajstić information content (AvgIpc) is 2.95. The molecule has 0 unspecified atom stereocenters. The summed E-state index contributed by atoms with van der Waals surface area (Å²) >= 11 is 0. The number of fused-ring (bicyclic) bond motifs is 1. The average molecular weight is 244 g/mol. The maximum Gasteiger partial charge on any atom is 0.128 e. The van der Waals surface area contributed by atoms with Crippen LogP contribution in [0.2, 0.25) is 0 Å². The first kappa shape index (κ1) is 11.6. The smallest absolute Gasteiger partial charge is 0.128 e. The number of rotatable bonds is 2. The molecule has 3 rings (SSSR count). The van der Waals surface area contributed by atoms with E-state index in [1.807, 2.05) is 12.1 Å². The monoisotopic (exact) mass is 244 g/mol. The molecular formula is C15H20N2O. The molecular weight excluding hydrogens is 224 g/mol. The van der Waals surface area contributed by atoms with Gasteiger partial charge in [-0.1, -0.05) is 18.9 Å². The predicted octanol–water partition coefficient (Wildman–Crippen LogP) is 2.91. The van der Waals surface area contributed by atoms with Crippen molar-refractivity contribution in [2.24, 2.45) is 12.8 Å². The second-order valence-corrected chi connectivity index (χ2v) is 5.37. The molecule has 1 saturated carbocycles. The minimum Gasteiger partial charge on any atom is -0.496 e. The standard InChI is InChI=1S/C15H20N2O/c1-17-10-11(15(16)8-3-4-9-15)14-12(17)6-5-7-13(14)18-2/h5-7,10H,3-4,8-9,16H2,1-2H3.